The number of hydrogen-bond acceptors (Lipinski definition) is 3. The van der Waals surface area contributed by atoms with Crippen molar-refractivity contribution in [2.24, 2.45) is 11.3 Å². The fraction of sp³-hybridized carbons (Fsp3) is 1.00. The Morgan fingerprint density at radius 2 is 2.06 bits per heavy atom. The lowest BCUT2D eigenvalue weighted by Crippen LogP contribution is -2.53. The molecule has 100 valence electrons. The summed E-state index contributed by atoms with van der Waals surface area (Å²) in [4.78, 5) is 2.47. The van der Waals surface area contributed by atoms with Crippen LogP contribution in [0.4, 0.5) is 0 Å². The number of hydrogen-bond donors (Lipinski definition) is 1. The van der Waals surface area contributed by atoms with Crippen LogP contribution in [-0.2, 0) is 4.74 Å². The summed E-state index contributed by atoms with van der Waals surface area (Å²) >= 11 is 0. The molecule has 17 heavy (non-hydrogen) atoms. The highest BCUT2D eigenvalue weighted by Crippen LogP contribution is 2.34. The minimum absolute atomic E-state index is 0.0873. The molecule has 3 atom stereocenters. The van der Waals surface area contributed by atoms with Gasteiger partial charge in [0.2, 0.25) is 0 Å². The van der Waals surface area contributed by atoms with Gasteiger partial charge in [-0.2, -0.15) is 0 Å². The van der Waals surface area contributed by atoms with Crippen LogP contribution in [0.25, 0.3) is 0 Å². The molecule has 0 aromatic heterocycles. The standard InChI is InChI=1S/C14H27NO2/c1-4-11-5-6-12(16)7-13(11)15(3)8-14(2)9-17-10-14/h11-13,16H,4-10H2,1-3H3. The lowest BCUT2D eigenvalue weighted by atomic mass is 9.79. The highest BCUT2D eigenvalue weighted by Gasteiger charge is 2.38. The van der Waals surface area contributed by atoms with Crippen molar-refractivity contribution in [2.45, 2.75) is 51.7 Å². The molecule has 2 aliphatic rings. The van der Waals surface area contributed by atoms with E-state index in [4.69, 9.17) is 4.74 Å². The van der Waals surface area contributed by atoms with Gasteiger partial charge in [0, 0.05) is 18.0 Å². The largest absolute Gasteiger partial charge is 0.393 e. The maximum atomic E-state index is 9.86. The first-order chi connectivity index (χ1) is 8.04. The lowest BCUT2D eigenvalue weighted by Gasteiger charge is -2.46. The molecule has 0 bridgehead atoms. The van der Waals surface area contributed by atoms with Crippen molar-refractivity contribution in [2.75, 3.05) is 26.8 Å². The van der Waals surface area contributed by atoms with Crippen molar-refractivity contribution in [1.29, 1.82) is 0 Å². The van der Waals surface area contributed by atoms with E-state index in [2.05, 4.69) is 25.8 Å². The summed E-state index contributed by atoms with van der Waals surface area (Å²) in [6.45, 7) is 7.46. The fourth-order valence-corrected chi connectivity index (χ4v) is 3.47. The van der Waals surface area contributed by atoms with E-state index in [-0.39, 0.29) is 6.10 Å². The van der Waals surface area contributed by atoms with E-state index in [9.17, 15) is 5.11 Å². The van der Waals surface area contributed by atoms with Crippen LogP contribution in [0.3, 0.4) is 0 Å². The molecule has 3 heteroatoms. The number of ether oxygens (including phenoxy) is 1. The topological polar surface area (TPSA) is 32.7 Å². The molecule has 1 aliphatic heterocycles. The molecule has 0 radical (unpaired) electrons. The molecule has 1 saturated heterocycles. The number of rotatable bonds is 4. The molecule has 1 heterocycles. The lowest BCUT2D eigenvalue weighted by molar-refractivity contribution is -0.121. The van der Waals surface area contributed by atoms with E-state index in [1.807, 2.05) is 0 Å². The Morgan fingerprint density at radius 3 is 2.59 bits per heavy atom. The molecule has 0 aromatic carbocycles. The maximum absolute atomic E-state index is 9.86. The minimum atomic E-state index is -0.0873. The van der Waals surface area contributed by atoms with E-state index < -0.39 is 0 Å². The van der Waals surface area contributed by atoms with Gasteiger partial charge in [-0.1, -0.05) is 20.3 Å². The van der Waals surface area contributed by atoms with Gasteiger partial charge in [-0.25, -0.2) is 0 Å². The van der Waals surface area contributed by atoms with Gasteiger partial charge in [-0.05, 0) is 32.2 Å². The van der Waals surface area contributed by atoms with Crippen LogP contribution in [0.15, 0.2) is 0 Å². The number of aliphatic hydroxyl groups is 1. The Labute approximate surface area is 105 Å². The highest BCUT2D eigenvalue weighted by molar-refractivity contribution is 4.90. The van der Waals surface area contributed by atoms with Crippen molar-refractivity contribution >= 4 is 0 Å². The Hall–Kier alpha value is -0.120. The Morgan fingerprint density at radius 1 is 1.35 bits per heavy atom. The van der Waals surface area contributed by atoms with Gasteiger partial charge >= 0.3 is 0 Å². The summed E-state index contributed by atoms with van der Waals surface area (Å²) < 4.78 is 5.32. The first-order valence-electron chi connectivity index (χ1n) is 7.00. The number of aliphatic hydroxyl groups excluding tert-OH is 1. The Kier molecular flexibility index (Phi) is 4.11. The average molecular weight is 241 g/mol. The summed E-state index contributed by atoms with van der Waals surface area (Å²) in [5.41, 5.74) is 0.343. The van der Waals surface area contributed by atoms with Gasteiger partial charge in [-0.15, -0.1) is 0 Å². The second-order valence-corrected chi connectivity index (χ2v) is 6.42. The molecule has 1 N–H and O–H groups in total. The Balaban J connectivity index is 1.92. The second kappa shape index (κ2) is 5.25. The van der Waals surface area contributed by atoms with Crippen molar-refractivity contribution in [1.82, 2.24) is 4.90 Å². The fourth-order valence-electron chi connectivity index (χ4n) is 3.47. The quantitative estimate of drug-likeness (QED) is 0.816. The average Bonchev–Trinajstić information content (AvgIpc) is 2.26. The predicted molar refractivity (Wildman–Crippen MR) is 69.0 cm³/mol. The van der Waals surface area contributed by atoms with E-state index >= 15 is 0 Å². The van der Waals surface area contributed by atoms with Gasteiger partial charge in [-0.3, -0.25) is 0 Å². The van der Waals surface area contributed by atoms with Gasteiger partial charge in [0.05, 0.1) is 19.3 Å². The van der Waals surface area contributed by atoms with Crippen molar-refractivity contribution in [3.05, 3.63) is 0 Å². The molecule has 1 aliphatic carbocycles. The van der Waals surface area contributed by atoms with Crippen LogP contribution in [-0.4, -0.2) is 49.0 Å². The van der Waals surface area contributed by atoms with E-state index in [1.54, 1.807) is 0 Å². The van der Waals surface area contributed by atoms with Gasteiger partial charge < -0.3 is 14.7 Å². The summed E-state index contributed by atoms with van der Waals surface area (Å²) in [6, 6.07) is 0.557. The SMILES string of the molecule is CCC1CCC(O)CC1N(C)CC1(C)COC1. The smallest absolute Gasteiger partial charge is 0.0555 e. The zero-order chi connectivity index (χ0) is 12.5. The molecule has 3 unspecified atom stereocenters. The first kappa shape index (κ1) is 13.3. The van der Waals surface area contributed by atoms with Gasteiger partial charge in [0.15, 0.2) is 0 Å². The molecule has 0 aromatic rings. The summed E-state index contributed by atoms with van der Waals surface area (Å²) in [7, 11) is 2.22. The molecule has 0 amide bonds. The molecule has 0 spiro atoms. The van der Waals surface area contributed by atoms with E-state index in [1.165, 1.54) is 12.8 Å². The molecule has 2 fully saturated rings. The van der Waals surface area contributed by atoms with Crippen LogP contribution in [0.2, 0.25) is 0 Å². The summed E-state index contributed by atoms with van der Waals surface area (Å²) in [6.07, 6.45) is 4.26. The second-order valence-electron chi connectivity index (χ2n) is 6.42. The van der Waals surface area contributed by atoms with Crippen LogP contribution >= 0.6 is 0 Å². The molecular weight excluding hydrogens is 214 g/mol. The van der Waals surface area contributed by atoms with Crippen molar-refractivity contribution in [3.63, 3.8) is 0 Å². The predicted octanol–water partition coefficient (Wildman–Crippen LogP) is 1.89. The third kappa shape index (κ3) is 3.01. The molecule has 2 rings (SSSR count). The van der Waals surface area contributed by atoms with Gasteiger partial charge in [0.25, 0.3) is 0 Å². The van der Waals surface area contributed by atoms with E-state index in [0.717, 1.165) is 38.5 Å². The van der Waals surface area contributed by atoms with Gasteiger partial charge in [0.1, 0.15) is 0 Å². The highest BCUT2D eigenvalue weighted by atomic mass is 16.5. The normalized spacial score (nSPS) is 36.9. The van der Waals surface area contributed by atoms with Crippen LogP contribution in [0.5, 0.6) is 0 Å². The minimum Gasteiger partial charge on any atom is -0.393 e. The monoisotopic (exact) mass is 241 g/mol. The third-order valence-electron chi connectivity index (χ3n) is 4.55. The zero-order valence-corrected chi connectivity index (χ0v) is 11.5. The molecular formula is C14H27NO2. The van der Waals surface area contributed by atoms with Crippen LogP contribution in [0, 0.1) is 11.3 Å². The van der Waals surface area contributed by atoms with Crippen LogP contribution in [0.1, 0.15) is 39.5 Å². The van der Waals surface area contributed by atoms with E-state index in [0.29, 0.717) is 11.5 Å². The summed E-state index contributed by atoms with van der Waals surface area (Å²) in [5.74, 6) is 0.757. The zero-order valence-electron chi connectivity index (χ0n) is 11.5. The van der Waals surface area contributed by atoms with Crippen LogP contribution < -0.4 is 0 Å². The Bertz CT molecular complexity index is 253. The molecule has 1 saturated carbocycles. The molecule has 3 nitrogen and oxygen atoms in total. The maximum Gasteiger partial charge on any atom is 0.0555 e. The first-order valence-corrected chi connectivity index (χ1v) is 7.00. The van der Waals surface area contributed by atoms with Crippen molar-refractivity contribution < 1.29 is 9.84 Å². The van der Waals surface area contributed by atoms with Crippen molar-refractivity contribution in [3.8, 4) is 0 Å². The third-order valence-corrected chi connectivity index (χ3v) is 4.55. The number of nitrogens with zero attached hydrogens (tertiary/aromatic N) is 1. The summed E-state index contributed by atoms with van der Waals surface area (Å²) in [5, 5.41) is 9.86.